The van der Waals surface area contributed by atoms with Crippen LogP contribution in [-0.2, 0) is 10.0 Å². The number of amides is 1. The predicted molar refractivity (Wildman–Crippen MR) is 103 cm³/mol. The number of sulfonamides is 1. The zero-order valence-electron chi connectivity index (χ0n) is 15.6. The topological polar surface area (TPSA) is 75.7 Å². The first kappa shape index (κ1) is 19.8. The molecule has 1 unspecified atom stereocenters. The van der Waals surface area contributed by atoms with Crippen molar-refractivity contribution in [2.24, 2.45) is 0 Å². The Balaban J connectivity index is 2.24. The van der Waals surface area contributed by atoms with Crippen molar-refractivity contribution >= 4 is 21.6 Å². The van der Waals surface area contributed by atoms with Gasteiger partial charge >= 0.3 is 0 Å². The van der Waals surface area contributed by atoms with Crippen molar-refractivity contribution in [1.82, 2.24) is 5.32 Å². The van der Waals surface area contributed by atoms with Gasteiger partial charge < -0.3 is 10.1 Å². The zero-order chi connectivity index (χ0) is 19.5. The van der Waals surface area contributed by atoms with Crippen LogP contribution in [0.4, 0.5) is 5.69 Å². The van der Waals surface area contributed by atoms with Crippen LogP contribution in [0.5, 0.6) is 5.75 Å². The SMILES string of the molecule is COc1ccc(C(C)NC(=O)c2cccc(N(C)S(C)(=O)=O)c2C)cc1. The van der Waals surface area contributed by atoms with Gasteiger partial charge in [-0.2, -0.15) is 0 Å². The van der Waals surface area contributed by atoms with E-state index in [1.54, 1.807) is 32.2 Å². The predicted octanol–water partition coefficient (Wildman–Crippen LogP) is 2.89. The summed E-state index contributed by atoms with van der Waals surface area (Å²) in [5.74, 6) is 0.495. The van der Waals surface area contributed by atoms with Gasteiger partial charge in [0, 0.05) is 12.6 Å². The maximum Gasteiger partial charge on any atom is 0.252 e. The number of nitrogens with zero attached hydrogens (tertiary/aromatic N) is 1. The maximum absolute atomic E-state index is 12.7. The van der Waals surface area contributed by atoms with Crippen molar-refractivity contribution in [3.8, 4) is 5.75 Å². The van der Waals surface area contributed by atoms with Gasteiger partial charge in [0.2, 0.25) is 10.0 Å². The van der Waals surface area contributed by atoms with Gasteiger partial charge in [-0.05, 0) is 49.2 Å². The summed E-state index contributed by atoms with van der Waals surface area (Å²) in [7, 11) is -0.331. The van der Waals surface area contributed by atoms with Crippen LogP contribution in [0.15, 0.2) is 42.5 Å². The third kappa shape index (κ3) is 4.35. The van der Waals surface area contributed by atoms with Crippen LogP contribution in [0, 0.1) is 6.92 Å². The number of anilines is 1. The Hall–Kier alpha value is -2.54. The Bertz CT molecular complexity index is 892. The zero-order valence-corrected chi connectivity index (χ0v) is 16.4. The van der Waals surface area contributed by atoms with Gasteiger partial charge in [-0.15, -0.1) is 0 Å². The second-order valence-electron chi connectivity index (χ2n) is 6.15. The van der Waals surface area contributed by atoms with E-state index < -0.39 is 10.0 Å². The van der Waals surface area contributed by atoms with Crippen LogP contribution >= 0.6 is 0 Å². The van der Waals surface area contributed by atoms with Crippen LogP contribution in [0.2, 0.25) is 0 Å². The molecule has 0 fully saturated rings. The lowest BCUT2D eigenvalue weighted by Crippen LogP contribution is -2.29. The van der Waals surface area contributed by atoms with Crippen molar-refractivity contribution in [3.05, 3.63) is 59.2 Å². The lowest BCUT2D eigenvalue weighted by Gasteiger charge is -2.21. The van der Waals surface area contributed by atoms with E-state index in [1.165, 1.54) is 11.4 Å². The number of hydrogen-bond acceptors (Lipinski definition) is 4. The third-order valence-electron chi connectivity index (χ3n) is 4.35. The molecule has 26 heavy (non-hydrogen) atoms. The van der Waals surface area contributed by atoms with Gasteiger partial charge in [-0.25, -0.2) is 8.42 Å². The molecule has 0 aliphatic heterocycles. The number of hydrogen-bond donors (Lipinski definition) is 1. The number of benzene rings is 2. The lowest BCUT2D eigenvalue weighted by atomic mass is 10.0. The van der Waals surface area contributed by atoms with E-state index in [1.807, 2.05) is 31.2 Å². The average Bonchev–Trinajstić information content (AvgIpc) is 2.60. The number of rotatable bonds is 6. The minimum absolute atomic E-state index is 0.205. The van der Waals surface area contributed by atoms with Crippen molar-refractivity contribution in [2.75, 3.05) is 24.7 Å². The molecule has 0 saturated carbocycles. The summed E-state index contributed by atoms with van der Waals surface area (Å²) < 4.78 is 29.9. The molecule has 0 aromatic heterocycles. The highest BCUT2D eigenvalue weighted by Crippen LogP contribution is 2.25. The number of carbonyl (C=O) groups is 1. The van der Waals surface area contributed by atoms with Crippen molar-refractivity contribution in [1.29, 1.82) is 0 Å². The molecule has 0 saturated heterocycles. The fourth-order valence-electron chi connectivity index (χ4n) is 2.64. The molecule has 0 bridgehead atoms. The van der Waals surface area contributed by atoms with Crippen LogP contribution < -0.4 is 14.4 Å². The van der Waals surface area contributed by atoms with Gasteiger partial charge in [-0.1, -0.05) is 18.2 Å². The second kappa shape index (κ2) is 7.78. The first-order chi connectivity index (χ1) is 12.1. The van der Waals surface area contributed by atoms with E-state index in [2.05, 4.69) is 5.32 Å². The van der Waals surface area contributed by atoms with Gasteiger partial charge in [-0.3, -0.25) is 9.10 Å². The third-order valence-corrected chi connectivity index (χ3v) is 5.54. The Morgan fingerprint density at radius 2 is 1.77 bits per heavy atom. The summed E-state index contributed by atoms with van der Waals surface area (Å²) in [4.78, 5) is 12.7. The smallest absolute Gasteiger partial charge is 0.252 e. The molecule has 2 aromatic carbocycles. The monoisotopic (exact) mass is 376 g/mol. The van der Waals surface area contributed by atoms with Crippen molar-refractivity contribution < 1.29 is 17.9 Å². The molecule has 1 N–H and O–H groups in total. The molecular weight excluding hydrogens is 352 g/mol. The summed E-state index contributed by atoms with van der Waals surface area (Å²) in [6.45, 7) is 3.63. The number of ether oxygens (including phenoxy) is 1. The van der Waals surface area contributed by atoms with Crippen LogP contribution in [0.1, 0.15) is 34.5 Å². The number of methoxy groups -OCH3 is 1. The molecular formula is C19H24N2O4S. The first-order valence-electron chi connectivity index (χ1n) is 8.13. The highest BCUT2D eigenvalue weighted by atomic mass is 32.2. The fraction of sp³-hybridized carbons (Fsp3) is 0.316. The minimum atomic E-state index is -3.40. The van der Waals surface area contributed by atoms with Crippen molar-refractivity contribution in [2.45, 2.75) is 19.9 Å². The Morgan fingerprint density at radius 3 is 2.31 bits per heavy atom. The highest BCUT2D eigenvalue weighted by molar-refractivity contribution is 7.92. The van der Waals surface area contributed by atoms with E-state index in [-0.39, 0.29) is 11.9 Å². The van der Waals surface area contributed by atoms with E-state index in [0.29, 0.717) is 16.8 Å². The van der Waals surface area contributed by atoms with Gasteiger partial charge in [0.15, 0.2) is 0 Å². The second-order valence-corrected chi connectivity index (χ2v) is 8.16. The van der Waals surface area contributed by atoms with Crippen LogP contribution in [0.3, 0.4) is 0 Å². The van der Waals surface area contributed by atoms with Gasteiger partial charge in [0.1, 0.15) is 5.75 Å². The summed E-state index contributed by atoms with van der Waals surface area (Å²) in [5.41, 5.74) is 2.48. The Labute approximate surface area is 154 Å². The maximum atomic E-state index is 12.7. The number of carbonyl (C=O) groups excluding carboxylic acids is 1. The van der Waals surface area contributed by atoms with E-state index in [4.69, 9.17) is 4.74 Å². The fourth-order valence-corrected chi connectivity index (χ4v) is 3.19. The van der Waals surface area contributed by atoms with Crippen LogP contribution in [-0.4, -0.2) is 34.7 Å². The molecule has 0 spiro atoms. The summed E-state index contributed by atoms with van der Waals surface area (Å²) in [5, 5.41) is 2.95. The molecule has 0 aliphatic rings. The van der Waals surface area contributed by atoms with E-state index in [0.717, 1.165) is 17.6 Å². The molecule has 7 heteroatoms. The number of nitrogens with one attached hydrogen (secondary N) is 1. The summed E-state index contributed by atoms with van der Waals surface area (Å²) >= 11 is 0. The van der Waals surface area contributed by atoms with E-state index >= 15 is 0 Å². The molecule has 6 nitrogen and oxygen atoms in total. The Morgan fingerprint density at radius 1 is 1.15 bits per heavy atom. The first-order valence-corrected chi connectivity index (χ1v) is 9.98. The summed E-state index contributed by atoms with van der Waals surface area (Å²) in [6.07, 6.45) is 1.13. The van der Waals surface area contributed by atoms with E-state index in [9.17, 15) is 13.2 Å². The largest absolute Gasteiger partial charge is 0.497 e. The average molecular weight is 376 g/mol. The van der Waals surface area contributed by atoms with Gasteiger partial charge in [0.25, 0.3) is 5.91 Å². The Kier molecular flexibility index (Phi) is 5.92. The molecule has 2 aromatic rings. The lowest BCUT2D eigenvalue weighted by molar-refractivity contribution is 0.0939. The van der Waals surface area contributed by atoms with Crippen molar-refractivity contribution in [3.63, 3.8) is 0 Å². The van der Waals surface area contributed by atoms with Gasteiger partial charge in [0.05, 0.1) is 25.1 Å². The quantitative estimate of drug-likeness (QED) is 0.841. The molecule has 140 valence electrons. The normalized spacial score (nSPS) is 12.3. The molecule has 1 atom stereocenters. The minimum Gasteiger partial charge on any atom is -0.497 e. The molecule has 2 rings (SSSR count). The van der Waals surface area contributed by atoms with Crippen LogP contribution in [0.25, 0.3) is 0 Å². The molecule has 0 heterocycles. The molecule has 0 radical (unpaired) electrons. The molecule has 0 aliphatic carbocycles. The summed E-state index contributed by atoms with van der Waals surface area (Å²) in [6, 6.07) is 12.3. The standard InChI is InChI=1S/C19H24N2O4S/c1-13-17(7-6-8-18(13)21(3)26(5,23)24)19(22)20-14(2)15-9-11-16(25-4)12-10-15/h6-12,14H,1-5H3,(H,20,22). The highest BCUT2D eigenvalue weighted by Gasteiger charge is 2.19. The molecule has 1 amide bonds.